The Morgan fingerprint density at radius 2 is 2.07 bits per heavy atom. The summed E-state index contributed by atoms with van der Waals surface area (Å²) < 4.78 is 28.4. The van der Waals surface area contributed by atoms with Crippen molar-refractivity contribution >= 4 is 0 Å². The fraction of sp³-hybridized carbons (Fsp3) is 0.524. The number of fused-ring (bicyclic) bond motifs is 2. The summed E-state index contributed by atoms with van der Waals surface area (Å²) in [5.41, 5.74) is 0.322. The van der Waals surface area contributed by atoms with Gasteiger partial charge in [-0.1, -0.05) is 19.1 Å². The second-order valence-corrected chi connectivity index (χ2v) is 7.46. The molecule has 0 radical (unpaired) electrons. The molecule has 0 bridgehead atoms. The molecule has 27 heavy (non-hydrogen) atoms. The lowest BCUT2D eigenvalue weighted by Gasteiger charge is -2.48. The molecule has 1 N–H and O–H groups in total. The number of aliphatic hydroxyl groups is 1. The summed E-state index contributed by atoms with van der Waals surface area (Å²) in [4.78, 5) is 0. The number of benzene rings is 1. The Morgan fingerprint density at radius 3 is 2.78 bits per heavy atom. The van der Waals surface area contributed by atoms with Crippen molar-refractivity contribution in [3.05, 3.63) is 48.3 Å². The molecule has 1 saturated heterocycles. The highest BCUT2D eigenvalue weighted by Crippen LogP contribution is 2.63. The average molecular weight is 374 g/mol. The summed E-state index contributed by atoms with van der Waals surface area (Å²) in [5, 5.41) is 11.7. The van der Waals surface area contributed by atoms with Crippen molar-refractivity contribution in [2.45, 2.75) is 37.8 Å². The molecular weight excluding hydrogens is 348 g/mol. The van der Waals surface area contributed by atoms with Crippen LogP contribution < -0.4 is 9.47 Å². The average Bonchev–Trinajstić information content (AvgIpc) is 3.22. The Labute approximate surface area is 159 Å². The molecule has 3 aliphatic rings. The second kappa shape index (κ2) is 6.55. The van der Waals surface area contributed by atoms with Gasteiger partial charge in [0.2, 0.25) is 12.6 Å². The third kappa shape index (κ3) is 2.51. The van der Waals surface area contributed by atoms with E-state index in [9.17, 15) is 5.11 Å². The summed E-state index contributed by atoms with van der Waals surface area (Å²) in [6.07, 6.45) is 3.79. The summed E-state index contributed by atoms with van der Waals surface area (Å²) in [6, 6.07) is 5.77. The van der Waals surface area contributed by atoms with Crippen molar-refractivity contribution in [2.24, 2.45) is 11.3 Å². The van der Waals surface area contributed by atoms with Crippen LogP contribution >= 0.6 is 0 Å². The van der Waals surface area contributed by atoms with Gasteiger partial charge < -0.3 is 28.8 Å². The van der Waals surface area contributed by atoms with E-state index in [4.69, 9.17) is 23.7 Å². The first-order valence-electron chi connectivity index (χ1n) is 9.17. The summed E-state index contributed by atoms with van der Waals surface area (Å²) in [7, 11) is 3.21. The zero-order valence-corrected chi connectivity index (χ0v) is 15.9. The number of hydrogen-bond acceptors (Lipinski definition) is 6. The van der Waals surface area contributed by atoms with Crippen LogP contribution in [0.3, 0.4) is 0 Å². The highest BCUT2D eigenvalue weighted by atomic mass is 16.7. The second-order valence-electron chi connectivity index (χ2n) is 7.46. The van der Waals surface area contributed by atoms with Crippen LogP contribution in [-0.2, 0) is 14.2 Å². The SMILES string of the molecule is C=CCC12CC(OC)=CC(OC)C1(O)OC(c1ccc3c(c1)OCO3)C2C. The third-order valence-electron chi connectivity index (χ3n) is 6.31. The standard InChI is InChI=1S/C21H26O6/c1-5-8-20-11-15(23-3)10-18(24-4)21(20,22)27-19(13(20)2)14-6-7-16-17(9-14)26-12-25-16/h5-7,9-10,13,18-19,22H,1,8,11-12H2,2-4H3. The van der Waals surface area contributed by atoms with Gasteiger partial charge in [-0.25, -0.2) is 0 Å². The lowest BCUT2D eigenvalue weighted by atomic mass is 9.61. The molecule has 1 aromatic carbocycles. The van der Waals surface area contributed by atoms with Crippen molar-refractivity contribution in [1.82, 2.24) is 0 Å². The molecule has 0 aromatic heterocycles. The van der Waals surface area contributed by atoms with E-state index in [-0.39, 0.29) is 18.8 Å². The van der Waals surface area contributed by atoms with Crippen molar-refractivity contribution in [2.75, 3.05) is 21.0 Å². The molecule has 2 aliphatic heterocycles. The van der Waals surface area contributed by atoms with Crippen LogP contribution in [-0.4, -0.2) is 38.0 Å². The maximum atomic E-state index is 11.7. The zero-order chi connectivity index (χ0) is 19.2. The van der Waals surface area contributed by atoms with Gasteiger partial charge in [-0.3, -0.25) is 0 Å². The molecule has 1 fully saturated rings. The fourth-order valence-corrected chi connectivity index (χ4v) is 4.80. The number of allylic oxidation sites excluding steroid dienone is 2. The van der Waals surface area contributed by atoms with Gasteiger partial charge in [0.1, 0.15) is 6.10 Å². The Kier molecular flexibility index (Phi) is 4.45. The molecule has 1 aliphatic carbocycles. The lowest BCUT2D eigenvalue weighted by Crippen LogP contribution is -2.58. The van der Waals surface area contributed by atoms with Gasteiger partial charge in [-0.05, 0) is 36.1 Å². The first kappa shape index (κ1) is 18.3. The molecule has 0 amide bonds. The highest BCUT2D eigenvalue weighted by molar-refractivity contribution is 5.45. The van der Waals surface area contributed by atoms with Gasteiger partial charge >= 0.3 is 0 Å². The molecule has 0 spiro atoms. The van der Waals surface area contributed by atoms with Crippen LogP contribution in [0.2, 0.25) is 0 Å². The first-order valence-corrected chi connectivity index (χ1v) is 9.17. The van der Waals surface area contributed by atoms with Gasteiger partial charge in [0.15, 0.2) is 11.5 Å². The highest BCUT2D eigenvalue weighted by Gasteiger charge is 2.68. The molecule has 1 aromatic rings. The van der Waals surface area contributed by atoms with E-state index in [2.05, 4.69) is 13.5 Å². The van der Waals surface area contributed by atoms with Gasteiger partial charge in [0, 0.05) is 18.9 Å². The fourth-order valence-electron chi connectivity index (χ4n) is 4.80. The summed E-state index contributed by atoms with van der Waals surface area (Å²) in [5.74, 6) is 0.701. The molecule has 5 atom stereocenters. The molecule has 5 unspecified atom stereocenters. The van der Waals surface area contributed by atoms with Gasteiger partial charge in [0.05, 0.1) is 19.0 Å². The minimum absolute atomic E-state index is 0.0163. The van der Waals surface area contributed by atoms with Gasteiger partial charge in [-0.2, -0.15) is 0 Å². The first-order chi connectivity index (χ1) is 13.0. The maximum Gasteiger partial charge on any atom is 0.231 e. The molecule has 6 nitrogen and oxygen atoms in total. The van der Waals surface area contributed by atoms with E-state index < -0.39 is 17.3 Å². The summed E-state index contributed by atoms with van der Waals surface area (Å²) in [6.45, 7) is 6.24. The smallest absolute Gasteiger partial charge is 0.231 e. The monoisotopic (exact) mass is 374 g/mol. The van der Waals surface area contributed by atoms with Crippen LogP contribution in [0.4, 0.5) is 0 Å². The third-order valence-corrected chi connectivity index (χ3v) is 6.31. The van der Waals surface area contributed by atoms with Crippen molar-refractivity contribution in [3.63, 3.8) is 0 Å². The van der Waals surface area contributed by atoms with Crippen LogP contribution in [0.15, 0.2) is 42.7 Å². The Bertz CT molecular complexity index is 774. The molecular formula is C21H26O6. The van der Waals surface area contributed by atoms with E-state index in [1.165, 1.54) is 0 Å². The van der Waals surface area contributed by atoms with Gasteiger partial charge in [-0.15, -0.1) is 6.58 Å². The quantitative estimate of drug-likeness (QED) is 0.798. The largest absolute Gasteiger partial charge is 0.501 e. The van der Waals surface area contributed by atoms with Crippen LogP contribution in [0.1, 0.15) is 31.4 Å². The number of rotatable bonds is 5. The van der Waals surface area contributed by atoms with Crippen molar-refractivity contribution in [1.29, 1.82) is 0 Å². The molecule has 146 valence electrons. The van der Waals surface area contributed by atoms with Crippen LogP contribution in [0, 0.1) is 11.3 Å². The van der Waals surface area contributed by atoms with Crippen molar-refractivity contribution in [3.8, 4) is 11.5 Å². The maximum absolute atomic E-state index is 11.7. The van der Waals surface area contributed by atoms with Gasteiger partial charge in [0.25, 0.3) is 0 Å². The molecule has 4 rings (SSSR count). The van der Waals surface area contributed by atoms with Crippen LogP contribution in [0.25, 0.3) is 0 Å². The predicted molar refractivity (Wildman–Crippen MR) is 98.3 cm³/mol. The Hall–Kier alpha value is -2.02. The van der Waals surface area contributed by atoms with E-state index >= 15 is 0 Å². The van der Waals surface area contributed by atoms with E-state index in [0.717, 1.165) is 17.1 Å². The number of ether oxygens (including phenoxy) is 5. The summed E-state index contributed by atoms with van der Waals surface area (Å²) >= 11 is 0. The van der Waals surface area contributed by atoms with Crippen molar-refractivity contribution < 1.29 is 28.8 Å². The minimum atomic E-state index is -1.49. The Balaban J connectivity index is 1.78. The topological polar surface area (TPSA) is 66.4 Å². The minimum Gasteiger partial charge on any atom is -0.501 e. The van der Waals surface area contributed by atoms with E-state index in [0.29, 0.717) is 18.6 Å². The molecule has 2 heterocycles. The van der Waals surface area contributed by atoms with Crippen LogP contribution in [0.5, 0.6) is 11.5 Å². The zero-order valence-electron chi connectivity index (χ0n) is 15.9. The molecule has 0 saturated carbocycles. The van der Waals surface area contributed by atoms with E-state index in [1.54, 1.807) is 20.3 Å². The normalized spacial score (nSPS) is 36.9. The molecule has 6 heteroatoms. The van der Waals surface area contributed by atoms with E-state index in [1.807, 2.05) is 24.3 Å². The number of methoxy groups -OCH3 is 2. The lowest BCUT2D eigenvalue weighted by molar-refractivity contribution is -0.289. The number of hydrogen-bond donors (Lipinski definition) is 1. The Morgan fingerprint density at radius 1 is 1.30 bits per heavy atom. The predicted octanol–water partition coefficient (Wildman–Crippen LogP) is 3.32.